The molecule has 3 rings (SSSR count). The largest absolute Gasteiger partial charge is 0.505 e. The number of nitrogens with zero attached hydrogens (tertiary/aromatic N) is 3. The summed E-state index contributed by atoms with van der Waals surface area (Å²) in [7, 11) is 0. The number of amides is 1. The Bertz CT molecular complexity index is 879. The van der Waals surface area contributed by atoms with E-state index in [1.165, 1.54) is 17.8 Å². The van der Waals surface area contributed by atoms with Gasteiger partial charge in [0.1, 0.15) is 24.7 Å². The van der Waals surface area contributed by atoms with Crippen molar-refractivity contribution in [2.24, 2.45) is 0 Å². The van der Waals surface area contributed by atoms with E-state index in [0.717, 1.165) is 44.2 Å². The van der Waals surface area contributed by atoms with Crippen molar-refractivity contribution in [2.45, 2.75) is 6.92 Å². The highest BCUT2D eigenvalue weighted by Crippen LogP contribution is 2.23. The molecule has 0 spiro atoms. The lowest BCUT2D eigenvalue weighted by atomic mass is 10.2. The SMILES string of the molecule is Cc1ccc(OCCN2CCN(c3cnc(C(=O)NCC(=O)O)c(O)c3)CC2)cc1. The molecule has 1 saturated heterocycles. The summed E-state index contributed by atoms with van der Waals surface area (Å²) in [6, 6.07) is 9.48. The summed E-state index contributed by atoms with van der Waals surface area (Å²) in [6.45, 7) is 6.17. The zero-order valence-electron chi connectivity index (χ0n) is 16.9. The van der Waals surface area contributed by atoms with Crippen LogP contribution in [-0.4, -0.2) is 77.8 Å². The summed E-state index contributed by atoms with van der Waals surface area (Å²) in [5.74, 6) is -1.29. The standard InChI is InChI=1S/C21H26N4O5/c1-15-2-4-17(5-3-15)30-11-10-24-6-8-25(9-7-24)16-12-18(26)20(22-13-16)21(29)23-14-19(27)28/h2-5,12-13,26H,6-11,14H2,1H3,(H,23,29)(H,27,28). The fraction of sp³-hybridized carbons (Fsp3) is 0.381. The van der Waals surface area contributed by atoms with Crippen LogP contribution in [0.4, 0.5) is 5.69 Å². The maximum Gasteiger partial charge on any atom is 0.322 e. The number of nitrogens with one attached hydrogen (secondary N) is 1. The molecule has 1 aliphatic rings. The van der Waals surface area contributed by atoms with Crippen molar-refractivity contribution in [3.8, 4) is 11.5 Å². The third kappa shape index (κ3) is 5.84. The van der Waals surface area contributed by atoms with Crippen LogP contribution < -0.4 is 15.0 Å². The highest BCUT2D eigenvalue weighted by atomic mass is 16.5. The van der Waals surface area contributed by atoms with Gasteiger partial charge in [-0.3, -0.25) is 14.5 Å². The molecule has 1 amide bonds. The maximum atomic E-state index is 11.9. The van der Waals surface area contributed by atoms with Gasteiger partial charge in [0, 0.05) is 38.8 Å². The number of hydrogen-bond donors (Lipinski definition) is 3. The van der Waals surface area contributed by atoms with Crippen molar-refractivity contribution in [1.29, 1.82) is 0 Å². The van der Waals surface area contributed by atoms with Crippen molar-refractivity contribution < 1.29 is 24.5 Å². The lowest BCUT2D eigenvalue weighted by Crippen LogP contribution is -2.47. The minimum atomic E-state index is -1.17. The second-order valence-electron chi connectivity index (χ2n) is 7.13. The molecular weight excluding hydrogens is 388 g/mol. The summed E-state index contributed by atoms with van der Waals surface area (Å²) in [5, 5.41) is 20.9. The summed E-state index contributed by atoms with van der Waals surface area (Å²) in [6.07, 6.45) is 1.52. The van der Waals surface area contributed by atoms with Gasteiger partial charge in [0.25, 0.3) is 5.91 Å². The molecule has 1 aromatic heterocycles. The number of piperazine rings is 1. The third-order valence-corrected chi connectivity index (χ3v) is 4.90. The third-order valence-electron chi connectivity index (χ3n) is 4.90. The van der Waals surface area contributed by atoms with E-state index >= 15 is 0 Å². The van der Waals surface area contributed by atoms with Gasteiger partial charge in [-0.1, -0.05) is 17.7 Å². The van der Waals surface area contributed by atoms with E-state index < -0.39 is 18.4 Å². The fourth-order valence-electron chi connectivity index (χ4n) is 3.19. The first-order chi connectivity index (χ1) is 14.4. The summed E-state index contributed by atoms with van der Waals surface area (Å²) < 4.78 is 5.79. The normalized spacial score (nSPS) is 14.4. The van der Waals surface area contributed by atoms with E-state index in [-0.39, 0.29) is 11.4 Å². The van der Waals surface area contributed by atoms with Gasteiger partial charge in [0.05, 0.1) is 11.9 Å². The van der Waals surface area contributed by atoms with E-state index in [4.69, 9.17) is 9.84 Å². The lowest BCUT2D eigenvalue weighted by Gasteiger charge is -2.35. The number of ether oxygens (including phenoxy) is 1. The number of aromatic hydroxyl groups is 1. The molecule has 30 heavy (non-hydrogen) atoms. The number of carbonyl (C=O) groups excluding carboxylic acids is 1. The molecule has 0 unspecified atom stereocenters. The van der Waals surface area contributed by atoms with Gasteiger partial charge in [-0.25, -0.2) is 4.98 Å². The number of aliphatic carboxylic acids is 1. The van der Waals surface area contributed by atoms with Crippen LogP contribution in [0.25, 0.3) is 0 Å². The number of hydrogen-bond acceptors (Lipinski definition) is 7. The monoisotopic (exact) mass is 414 g/mol. The Kier molecular flexibility index (Phi) is 7.08. The Morgan fingerprint density at radius 1 is 1.17 bits per heavy atom. The summed E-state index contributed by atoms with van der Waals surface area (Å²) in [4.78, 5) is 30.8. The predicted molar refractivity (Wildman–Crippen MR) is 111 cm³/mol. The van der Waals surface area contributed by atoms with Crippen molar-refractivity contribution >= 4 is 17.6 Å². The van der Waals surface area contributed by atoms with Crippen LogP contribution in [0.5, 0.6) is 11.5 Å². The van der Waals surface area contributed by atoms with Crippen LogP contribution in [0.1, 0.15) is 16.1 Å². The minimum Gasteiger partial charge on any atom is -0.505 e. The average molecular weight is 414 g/mol. The molecule has 0 saturated carbocycles. The molecule has 0 atom stereocenters. The number of aromatic nitrogens is 1. The van der Waals surface area contributed by atoms with E-state index in [0.29, 0.717) is 6.61 Å². The molecule has 1 fully saturated rings. The molecule has 2 aromatic rings. The van der Waals surface area contributed by atoms with Crippen LogP contribution >= 0.6 is 0 Å². The molecule has 2 heterocycles. The Hall–Kier alpha value is -3.33. The zero-order valence-corrected chi connectivity index (χ0v) is 16.9. The van der Waals surface area contributed by atoms with Gasteiger partial charge >= 0.3 is 5.97 Å². The van der Waals surface area contributed by atoms with Crippen LogP contribution in [0.3, 0.4) is 0 Å². The first-order valence-corrected chi connectivity index (χ1v) is 9.78. The minimum absolute atomic E-state index is 0.188. The van der Waals surface area contributed by atoms with Crippen LogP contribution in [0.2, 0.25) is 0 Å². The average Bonchev–Trinajstić information content (AvgIpc) is 2.74. The van der Waals surface area contributed by atoms with Crippen LogP contribution in [-0.2, 0) is 4.79 Å². The van der Waals surface area contributed by atoms with Crippen molar-refractivity contribution in [3.05, 3.63) is 47.8 Å². The van der Waals surface area contributed by atoms with Gasteiger partial charge in [0.2, 0.25) is 0 Å². The van der Waals surface area contributed by atoms with E-state index in [1.807, 2.05) is 31.2 Å². The number of rotatable bonds is 8. The molecule has 160 valence electrons. The molecule has 1 aliphatic heterocycles. The molecule has 0 bridgehead atoms. The molecule has 0 radical (unpaired) electrons. The van der Waals surface area contributed by atoms with Crippen molar-refractivity contribution in [3.63, 3.8) is 0 Å². The van der Waals surface area contributed by atoms with Gasteiger partial charge in [-0.05, 0) is 19.1 Å². The molecule has 9 heteroatoms. The molecular formula is C21H26N4O5. The maximum absolute atomic E-state index is 11.9. The van der Waals surface area contributed by atoms with Gasteiger partial charge in [0.15, 0.2) is 5.69 Å². The number of benzene rings is 1. The van der Waals surface area contributed by atoms with Crippen LogP contribution in [0.15, 0.2) is 36.5 Å². The van der Waals surface area contributed by atoms with Gasteiger partial charge in [-0.15, -0.1) is 0 Å². The number of carboxylic acid groups (broad SMARTS) is 1. The topological polar surface area (TPSA) is 115 Å². The smallest absolute Gasteiger partial charge is 0.322 e. The Labute approximate surface area is 174 Å². The van der Waals surface area contributed by atoms with E-state index in [1.54, 1.807) is 0 Å². The zero-order chi connectivity index (χ0) is 21.5. The lowest BCUT2D eigenvalue weighted by molar-refractivity contribution is -0.135. The predicted octanol–water partition coefficient (Wildman–Crippen LogP) is 1.11. The second-order valence-corrected chi connectivity index (χ2v) is 7.13. The number of aryl methyl sites for hydroxylation is 1. The first kappa shape index (κ1) is 21.4. The van der Waals surface area contributed by atoms with Crippen LogP contribution in [0, 0.1) is 6.92 Å². The fourth-order valence-corrected chi connectivity index (χ4v) is 3.19. The van der Waals surface area contributed by atoms with E-state index in [9.17, 15) is 14.7 Å². The number of pyridine rings is 1. The molecule has 9 nitrogen and oxygen atoms in total. The Morgan fingerprint density at radius 2 is 1.87 bits per heavy atom. The van der Waals surface area contributed by atoms with E-state index in [2.05, 4.69) is 20.1 Å². The van der Waals surface area contributed by atoms with Crippen molar-refractivity contribution in [1.82, 2.24) is 15.2 Å². The van der Waals surface area contributed by atoms with Crippen molar-refractivity contribution in [2.75, 3.05) is 50.8 Å². The summed E-state index contributed by atoms with van der Waals surface area (Å²) >= 11 is 0. The second kappa shape index (κ2) is 9.93. The van der Waals surface area contributed by atoms with Gasteiger partial charge in [-0.2, -0.15) is 0 Å². The number of anilines is 1. The Morgan fingerprint density at radius 3 is 2.50 bits per heavy atom. The van der Waals surface area contributed by atoms with Gasteiger partial charge < -0.3 is 25.2 Å². The highest BCUT2D eigenvalue weighted by molar-refractivity contribution is 5.96. The molecule has 1 aromatic carbocycles. The molecule has 0 aliphatic carbocycles. The summed E-state index contributed by atoms with van der Waals surface area (Å²) in [5.41, 5.74) is 1.73. The highest BCUT2D eigenvalue weighted by Gasteiger charge is 2.20. The molecule has 3 N–H and O–H groups in total. The number of carbonyl (C=O) groups is 2. The number of carboxylic acids is 1. The Balaban J connectivity index is 1.46. The first-order valence-electron chi connectivity index (χ1n) is 9.78. The quantitative estimate of drug-likeness (QED) is 0.589.